The van der Waals surface area contributed by atoms with Crippen molar-refractivity contribution in [2.75, 3.05) is 7.05 Å². The highest BCUT2D eigenvalue weighted by molar-refractivity contribution is 4.94. The van der Waals surface area contributed by atoms with Crippen LogP contribution >= 0.6 is 0 Å². The maximum absolute atomic E-state index is 9.76. The van der Waals surface area contributed by atoms with Crippen LogP contribution in [-0.4, -0.2) is 34.7 Å². The highest BCUT2D eigenvalue weighted by Crippen LogP contribution is 2.33. The number of hydrogen-bond acceptors (Lipinski definition) is 2. The molecule has 0 saturated carbocycles. The van der Waals surface area contributed by atoms with Crippen LogP contribution in [0, 0.1) is 5.92 Å². The SMILES string of the molecule is CC(C)C1CC(O)CC(C)(C)N1C. The van der Waals surface area contributed by atoms with Crippen LogP contribution in [0.1, 0.15) is 40.5 Å². The molecule has 0 radical (unpaired) electrons. The van der Waals surface area contributed by atoms with Crippen LogP contribution in [0.2, 0.25) is 0 Å². The predicted molar refractivity (Wildman–Crippen MR) is 55.7 cm³/mol. The second-order valence-electron chi connectivity index (χ2n) is 5.33. The fourth-order valence-electron chi connectivity index (χ4n) is 2.41. The minimum absolute atomic E-state index is 0.112. The molecule has 78 valence electrons. The number of nitrogens with zero attached hydrogens (tertiary/aromatic N) is 1. The molecule has 2 atom stereocenters. The molecule has 1 saturated heterocycles. The van der Waals surface area contributed by atoms with E-state index < -0.39 is 0 Å². The zero-order valence-electron chi connectivity index (χ0n) is 9.54. The van der Waals surface area contributed by atoms with E-state index in [1.54, 1.807) is 0 Å². The summed E-state index contributed by atoms with van der Waals surface area (Å²) in [7, 11) is 2.18. The van der Waals surface area contributed by atoms with Crippen molar-refractivity contribution in [1.82, 2.24) is 4.90 Å². The number of aliphatic hydroxyl groups is 1. The Bertz CT molecular complexity index is 177. The minimum atomic E-state index is -0.112. The molecule has 1 heterocycles. The summed E-state index contributed by atoms with van der Waals surface area (Å²) in [5, 5.41) is 9.76. The lowest BCUT2D eigenvalue weighted by molar-refractivity contribution is -0.0401. The maximum Gasteiger partial charge on any atom is 0.0572 e. The van der Waals surface area contributed by atoms with Gasteiger partial charge in [-0.05, 0) is 39.7 Å². The molecule has 13 heavy (non-hydrogen) atoms. The van der Waals surface area contributed by atoms with E-state index in [9.17, 15) is 5.11 Å². The molecule has 0 spiro atoms. The molecule has 2 unspecified atom stereocenters. The lowest BCUT2D eigenvalue weighted by Crippen LogP contribution is -2.56. The van der Waals surface area contributed by atoms with Crippen molar-refractivity contribution >= 4 is 0 Å². The normalized spacial score (nSPS) is 35.3. The van der Waals surface area contributed by atoms with Gasteiger partial charge < -0.3 is 5.11 Å². The Labute approximate surface area is 81.9 Å². The van der Waals surface area contributed by atoms with Crippen molar-refractivity contribution in [1.29, 1.82) is 0 Å². The van der Waals surface area contributed by atoms with Gasteiger partial charge in [-0.15, -0.1) is 0 Å². The molecule has 1 aliphatic rings. The van der Waals surface area contributed by atoms with E-state index in [1.165, 1.54) is 0 Å². The Balaban J connectivity index is 2.75. The summed E-state index contributed by atoms with van der Waals surface area (Å²) in [5.41, 5.74) is 0.145. The van der Waals surface area contributed by atoms with Crippen LogP contribution < -0.4 is 0 Å². The maximum atomic E-state index is 9.76. The van der Waals surface area contributed by atoms with E-state index in [0.717, 1.165) is 12.8 Å². The first-order chi connectivity index (χ1) is 5.84. The highest BCUT2D eigenvalue weighted by Gasteiger charge is 2.38. The third-order valence-electron chi connectivity index (χ3n) is 3.47. The largest absolute Gasteiger partial charge is 0.393 e. The zero-order valence-corrected chi connectivity index (χ0v) is 9.54. The fraction of sp³-hybridized carbons (Fsp3) is 1.00. The van der Waals surface area contributed by atoms with Crippen molar-refractivity contribution in [3.63, 3.8) is 0 Å². The van der Waals surface area contributed by atoms with Crippen LogP contribution in [0.4, 0.5) is 0 Å². The third-order valence-corrected chi connectivity index (χ3v) is 3.47. The zero-order chi connectivity index (χ0) is 10.2. The third kappa shape index (κ3) is 2.23. The summed E-state index contributed by atoms with van der Waals surface area (Å²) in [4.78, 5) is 2.42. The van der Waals surface area contributed by atoms with Crippen LogP contribution in [0.3, 0.4) is 0 Å². The number of likely N-dealkylation sites (tertiary alicyclic amines) is 1. The van der Waals surface area contributed by atoms with E-state index in [4.69, 9.17) is 0 Å². The Morgan fingerprint density at radius 1 is 1.38 bits per heavy atom. The van der Waals surface area contributed by atoms with Gasteiger partial charge in [-0.3, -0.25) is 4.90 Å². The van der Waals surface area contributed by atoms with Crippen molar-refractivity contribution in [3.05, 3.63) is 0 Å². The first kappa shape index (κ1) is 11.0. The molecule has 1 aliphatic heterocycles. The van der Waals surface area contributed by atoms with Crippen molar-refractivity contribution < 1.29 is 5.11 Å². The van der Waals surface area contributed by atoms with Gasteiger partial charge in [-0.1, -0.05) is 13.8 Å². The lowest BCUT2D eigenvalue weighted by Gasteiger charge is -2.49. The first-order valence-electron chi connectivity index (χ1n) is 5.25. The molecule has 1 fully saturated rings. The molecule has 1 N–H and O–H groups in total. The van der Waals surface area contributed by atoms with Crippen LogP contribution in [-0.2, 0) is 0 Å². The van der Waals surface area contributed by atoms with Gasteiger partial charge in [0.05, 0.1) is 6.10 Å². The Morgan fingerprint density at radius 3 is 2.38 bits per heavy atom. The Morgan fingerprint density at radius 2 is 1.92 bits per heavy atom. The van der Waals surface area contributed by atoms with E-state index in [1.807, 2.05) is 0 Å². The summed E-state index contributed by atoms with van der Waals surface area (Å²) < 4.78 is 0. The van der Waals surface area contributed by atoms with Gasteiger partial charge in [0, 0.05) is 11.6 Å². The number of hydrogen-bond donors (Lipinski definition) is 1. The molecule has 2 nitrogen and oxygen atoms in total. The smallest absolute Gasteiger partial charge is 0.0572 e. The van der Waals surface area contributed by atoms with Gasteiger partial charge >= 0.3 is 0 Å². The summed E-state index contributed by atoms with van der Waals surface area (Å²) in [6, 6.07) is 0.527. The summed E-state index contributed by atoms with van der Waals surface area (Å²) in [5.74, 6) is 0.624. The number of piperidine rings is 1. The van der Waals surface area contributed by atoms with Crippen LogP contribution in [0.25, 0.3) is 0 Å². The molecular formula is C11H23NO. The molecule has 2 heteroatoms. The van der Waals surface area contributed by atoms with Crippen LogP contribution in [0.5, 0.6) is 0 Å². The van der Waals surface area contributed by atoms with E-state index >= 15 is 0 Å². The molecule has 1 rings (SSSR count). The summed E-state index contributed by atoms with van der Waals surface area (Å²) in [6.07, 6.45) is 1.71. The quantitative estimate of drug-likeness (QED) is 0.674. The van der Waals surface area contributed by atoms with Gasteiger partial charge in [0.15, 0.2) is 0 Å². The average Bonchev–Trinajstić information content (AvgIpc) is 1.95. The second-order valence-corrected chi connectivity index (χ2v) is 5.33. The van der Waals surface area contributed by atoms with E-state index in [2.05, 4.69) is 39.6 Å². The Hall–Kier alpha value is -0.0800. The molecule has 0 bridgehead atoms. The number of rotatable bonds is 1. The van der Waals surface area contributed by atoms with Gasteiger partial charge in [-0.2, -0.15) is 0 Å². The monoisotopic (exact) mass is 185 g/mol. The van der Waals surface area contributed by atoms with Crippen molar-refractivity contribution in [2.24, 2.45) is 5.92 Å². The molecule has 0 aliphatic carbocycles. The Kier molecular flexibility index (Phi) is 3.03. The topological polar surface area (TPSA) is 23.5 Å². The van der Waals surface area contributed by atoms with Gasteiger partial charge in [0.2, 0.25) is 0 Å². The molecule has 0 amide bonds. The number of aliphatic hydroxyl groups excluding tert-OH is 1. The van der Waals surface area contributed by atoms with Gasteiger partial charge in [0.1, 0.15) is 0 Å². The van der Waals surface area contributed by atoms with E-state index in [0.29, 0.717) is 12.0 Å². The first-order valence-corrected chi connectivity index (χ1v) is 5.25. The second kappa shape index (κ2) is 3.58. The highest BCUT2D eigenvalue weighted by atomic mass is 16.3. The lowest BCUT2D eigenvalue weighted by atomic mass is 9.81. The molecule has 0 aromatic heterocycles. The summed E-state index contributed by atoms with van der Waals surface area (Å²) >= 11 is 0. The van der Waals surface area contributed by atoms with E-state index in [-0.39, 0.29) is 11.6 Å². The molecular weight excluding hydrogens is 162 g/mol. The standard InChI is InChI=1S/C11H23NO/c1-8(2)10-6-9(13)7-11(3,4)12(10)5/h8-10,13H,6-7H2,1-5H3. The summed E-state index contributed by atoms with van der Waals surface area (Å²) in [6.45, 7) is 8.89. The van der Waals surface area contributed by atoms with Crippen molar-refractivity contribution in [3.8, 4) is 0 Å². The minimum Gasteiger partial charge on any atom is -0.393 e. The predicted octanol–water partition coefficient (Wildman–Crippen LogP) is 1.88. The average molecular weight is 185 g/mol. The molecule has 0 aromatic carbocycles. The van der Waals surface area contributed by atoms with Crippen molar-refractivity contribution in [2.45, 2.75) is 58.2 Å². The van der Waals surface area contributed by atoms with Gasteiger partial charge in [0.25, 0.3) is 0 Å². The van der Waals surface area contributed by atoms with Crippen LogP contribution in [0.15, 0.2) is 0 Å². The molecule has 0 aromatic rings. The fourth-order valence-corrected chi connectivity index (χ4v) is 2.41. The van der Waals surface area contributed by atoms with Gasteiger partial charge in [-0.25, -0.2) is 0 Å².